The van der Waals surface area contributed by atoms with E-state index in [1.165, 1.54) is 0 Å². The molecule has 1 aliphatic heterocycles. The smallest absolute Gasteiger partial charge is 0.251 e. The molecule has 3 rings (SSSR count). The molecule has 1 aliphatic rings. The van der Waals surface area contributed by atoms with Gasteiger partial charge in [0, 0.05) is 25.1 Å². The zero-order valence-corrected chi connectivity index (χ0v) is 14.7. The van der Waals surface area contributed by atoms with Crippen molar-refractivity contribution < 1.29 is 14.3 Å². The topological polar surface area (TPSA) is 67.4 Å². The molecule has 26 heavy (non-hydrogen) atoms. The largest absolute Gasteiger partial charge is 0.376 e. The third kappa shape index (κ3) is 5.17. The number of nitrogens with one attached hydrogen (secondary N) is 2. The summed E-state index contributed by atoms with van der Waals surface area (Å²) >= 11 is 0. The lowest BCUT2D eigenvalue weighted by molar-refractivity contribution is -0.123. The highest BCUT2D eigenvalue weighted by molar-refractivity contribution is 5.97. The van der Waals surface area contributed by atoms with Crippen molar-refractivity contribution >= 4 is 11.8 Å². The SMILES string of the molecule is O=C(NC(Cc1ccccc1)C(=O)NCC1CCCO1)c1ccccc1. The van der Waals surface area contributed by atoms with Gasteiger partial charge >= 0.3 is 0 Å². The Balaban J connectivity index is 1.66. The third-order valence-corrected chi connectivity index (χ3v) is 4.47. The van der Waals surface area contributed by atoms with Gasteiger partial charge in [0.05, 0.1) is 6.10 Å². The summed E-state index contributed by atoms with van der Waals surface area (Å²) in [5, 5.41) is 5.79. The lowest BCUT2D eigenvalue weighted by atomic mass is 10.0. The van der Waals surface area contributed by atoms with E-state index in [0.29, 0.717) is 18.5 Å². The molecule has 0 bridgehead atoms. The van der Waals surface area contributed by atoms with E-state index < -0.39 is 6.04 Å². The van der Waals surface area contributed by atoms with Gasteiger partial charge in [0.2, 0.25) is 5.91 Å². The Hall–Kier alpha value is -2.66. The molecule has 2 aromatic carbocycles. The molecule has 0 aliphatic carbocycles. The quantitative estimate of drug-likeness (QED) is 0.804. The van der Waals surface area contributed by atoms with Crippen molar-refractivity contribution in [3.8, 4) is 0 Å². The zero-order chi connectivity index (χ0) is 18.2. The highest BCUT2D eigenvalue weighted by Crippen LogP contribution is 2.11. The Bertz CT molecular complexity index is 713. The maximum absolute atomic E-state index is 12.7. The molecule has 5 nitrogen and oxygen atoms in total. The molecule has 1 heterocycles. The summed E-state index contributed by atoms with van der Waals surface area (Å²) in [6, 6.07) is 18.0. The summed E-state index contributed by atoms with van der Waals surface area (Å²) in [5.41, 5.74) is 1.54. The van der Waals surface area contributed by atoms with Crippen LogP contribution < -0.4 is 10.6 Å². The van der Waals surface area contributed by atoms with Gasteiger partial charge in [-0.25, -0.2) is 0 Å². The second kappa shape index (κ2) is 9.15. The molecule has 0 saturated carbocycles. The molecule has 2 amide bonds. The van der Waals surface area contributed by atoms with Gasteiger partial charge in [-0.15, -0.1) is 0 Å². The fourth-order valence-corrected chi connectivity index (χ4v) is 3.03. The Morgan fingerprint density at radius 1 is 1.04 bits per heavy atom. The minimum atomic E-state index is -0.633. The molecule has 2 aromatic rings. The van der Waals surface area contributed by atoms with Crippen molar-refractivity contribution in [3.63, 3.8) is 0 Å². The van der Waals surface area contributed by atoms with Crippen molar-refractivity contribution in [2.45, 2.75) is 31.4 Å². The first kappa shape index (κ1) is 18.1. The number of ether oxygens (including phenoxy) is 1. The molecule has 0 spiro atoms. The number of benzene rings is 2. The summed E-state index contributed by atoms with van der Waals surface area (Å²) < 4.78 is 5.55. The van der Waals surface area contributed by atoms with Gasteiger partial charge in [0.1, 0.15) is 6.04 Å². The molecule has 2 unspecified atom stereocenters. The first-order chi connectivity index (χ1) is 12.7. The summed E-state index contributed by atoms with van der Waals surface area (Å²) in [6.45, 7) is 1.23. The zero-order valence-electron chi connectivity index (χ0n) is 14.7. The van der Waals surface area contributed by atoms with Crippen LogP contribution in [-0.2, 0) is 16.0 Å². The van der Waals surface area contributed by atoms with E-state index in [0.717, 1.165) is 25.0 Å². The number of carbonyl (C=O) groups excluding carboxylic acids is 2. The van der Waals surface area contributed by atoms with Crippen LogP contribution in [0.25, 0.3) is 0 Å². The summed E-state index contributed by atoms with van der Waals surface area (Å²) in [4.78, 5) is 25.2. The van der Waals surface area contributed by atoms with Gasteiger partial charge in [-0.2, -0.15) is 0 Å². The maximum atomic E-state index is 12.7. The molecule has 2 atom stereocenters. The second-order valence-corrected chi connectivity index (χ2v) is 6.46. The maximum Gasteiger partial charge on any atom is 0.251 e. The monoisotopic (exact) mass is 352 g/mol. The van der Waals surface area contributed by atoms with Crippen molar-refractivity contribution in [1.29, 1.82) is 0 Å². The summed E-state index contributed by atoms with van der Waals surface area (Å²) in [6.07, 6.45) is 2.50. The predicted molar refractivity (Wildman–Crippen MR) is 99.8 cm³/mol. The molecule has 0 radical (unpaired) electrons. The van der Waals surface area contributed by atoms with E-state index >= 15 is 0 Å². The molecular formula is C21H24N2O3. The molecule has 1 fully saturated rings. The molecule has 5 heteroatoms. The number of carbonyl (C=O) groups is 2. The Kier molecular flexibility index (Phi) is 6.39. The van der Waals surface area contributed by atoms with Crippen LogP contribution in [-0.4, -0.2) is 37.1 Å². The van der Waals surface area contributed by atoms with Crippen LogP contribution in [0.5, 0.6) is 0 Å². The van der Waals surface area contributed by atoms with Crippen LogP contribution in [0.2, 0.25) is 0 Å². The van der Waals surface area contributed by atoms with Crippen LogP contribution in [0.1, 0.15) is 28.8 Å². The van der Waals surface area contributed by atoms with Crippen LogP contribution >= 0.6 is 0 Å². The highest BCUT2D eigenvalue weighted by atomic mass is 16.5. The van der Waals surface area contributed by atoms with E-state index in [-0.39, 0.29) is 17.9 Å². The Labute approximate surface area is 153 Å². The number of hydrogen-bond acceptors (Lipinski definition) is 3. The number of hydrogen-bond donors (Lipinski definition) is 2. The van der Waals surface area contributed by atoms with Crippen molar-refractivity contribution in [1.82, 2.24) is 10.6 Å². The van der Waals surface area contributed by atoms with Gasteiger partial charge in [0.25, 0.3) is 5.91 Å². The molecule has 0 aromatic heterocycles. The fourth-order valence-electron chi connectivity index (χ4n) is 3.03. The average molecular weight is 352 g/mol. The van der Waals surface area contributed by atoms with Crippen LogP contribution in [0.15, 0.2) is 60.7 Å². The first-order valence-corrected chi connectivity index (χ1v) is 9.01. The lowest BCUT2D eigenvalue weighted by Gasteiger charge is -2.20. The second-order valence-electron chi connectivity index (χ2n) is 6.46. The molecule has 136 valence electrons. The predicted octanol–water partition coefficient (Wildman–Crippen LogP) is 2.32. The van der Waals surface area contributed by atoms with Crippen LogP contribution in [0.4, 0.5) is 0 Å². The van der Waals surface area contributed by atoms with Gasteiger partial charge in [-0.3, -0.25) is 9.59 Å². The number of rotatable bonds is 7. The van der Waals surface area contributed by atoms with E-state index in [9.17, 15) is 9.59 Å². The van der Waals surface area contributed by atoms with E-state index in [4.69, 9.17) is 4.74 Å². The number of amides is 2. The van der Waals surface area contributed by atoms with Crippen LogP contribution in [0.3, 0.4) is 0 Å². The minimum Gasteiger partial charge on any atom is -0.376 e. The lowest BCUT2D eigenvalue weighted by Crippen LogP contribution is -2.49. The van der Waals surface area contributed by atoms with Crippen molar-refractivity contribution in [2.75, 3.05) is 13.2 Å². The van der Waals surface area contributed by atoms with Crippen molar-refractivity contribution in [3.05, 3.63) is 71.8 Å². The third-order valence-electron chi connectivity index (χ3n) is 4.47. The summed E-state index contributed by atoms with van der Waals surface area (Å²) in [5.74, 6) is -0.438. The summed E-state index contributed by atoms with van der Waals surface area (Å²) in [7, 11) is 0. The average Bonchev–Trinajstić information content (AvgIpc) is 3.20. The normalized spacial score (nSPS) is 17.5. The van der Waals surface area contributed by atoms with E-state index in [1.807, 2.05) is 36.4 Å². The van der Waals surface area contributed by atoms with E-state index in [1.54, 1.807) is 24.3 Å². The Morgan fingerprint density at radius 2 is 1.73 bits per heavy atom. The van der Waals surface area contributed by atoms with E-state index in [2.05, 4.69) is 10.6 Å². The molecular weight excluding hydrogens is 328 g/mol. The first-order valence-electron chi connectivity index (χ1n) is 9.01. The standard InChI is InChI=1S/C21H24N2O3/c24-20(17-10-5-2-6-11-17)23-19(14-16-8-3-1-4-9-16)21(25)22-15-18-12-7-13-26-18/h1-6,8-11,18-19H,7,12-15H2,(H,22,25)(H,23,24). The van der Waals surface area contributed by atoms with Crippen molar-refractivity contribution in [2.24, 2.45) is 0 Å². The van der Waals surface area contributed by atoms with Gasteiger partial charge < -0.3 is 15.4 Å². The molecule has 2 N–H and O–H groups in total. The van der Waals surface area contributed by atoms with Gasteiger partial charge in [-0.1, -0.05) is 48.5 Å². The molecule has 1 saturated heterocycles. The highest BCUT2D eigenvalue weighted by Gasteiger charge is 2.23. The fraction of sp³-hybridized carbons (Fsp3) is 0.333. The van der Waals surface area contributed by atoms with Gasteiger partial charge in [-0.05, 0) is 30.5 Å². The minimum absolute atomic E-state index is 0.0705. The Morgan fingerprint density at radius 3 is 2.38 bits per heavy atom. The van der Waals surface area contributed by atoms with Gasteiger partial charge in [0.15, 0.2) is 0 Å². The van der Waals surface area contributed by atoms with Crippen LogP contribution in [0, 0.1) is 0 Å².